The predicted molar refractivity (Wildman–Crippen MR) is 71.6 cm³/mol. The highest BCUT2D eigenvalue weighted by Crippen LogP contribution is 2.26. The Morgan fingerprint density at radius 3 is 2.63 bits per heavy atom. The van der Waals surface area contributed by atoms with E-state index < -0.39 is 0 Å². The number of esters is 1. The lowest BCUT2D eigenvalue weighted by molar-refractivity contribution is -0.147. The number of methoxy groups -OCH3 is 1. The van der Waals surface area contributed by atoms with Crippen molar-refractivity contribution < 1.29 is 14.3 Å². The van der Waals surface area contributed by atoms with Crippen LogP contribution in [0.4, 0.5) is 0 Å². The van der Waals surface area contributed by atoms with Crippen LogP contribution in [0.25, 0.3) is 0 Å². The van der Waals surface area contributed by atoms with E-state index in [2.05, 4.69) is 5.32 Å². The molecule has 0 spiro atoms. The second-order valence-electron chi connectivity index (χ2n) is 5.64. The molecule has 2 fully saturated rings. The van der Waals surface area contributed by atoms with Crippen molar-refractivity contribution in [2.45, 2.75) is 50.6 Å². The molecule has 1 saturated carbocycles. The molecule has 1 aliphatic carbocycles. The summed E-state index contributed by atoms with van der Waals surface area (Å²) in [7, 11) is 3.27. The first-order valence-electron chi connectivity index (χ1n) is 7.22. The number of carbonyl (C=O) groups is 2. The Hall–Kier alpha value is -1.10. The molecule has 1 amide bonds. The molecular weight excluding hydrogens is 244 g/mol. The number of hydrogen-bond acceptors (Lipinski definition) is 4. The van der Waals surface area contributed by atoms with Crippen molar-refractivity contribution >= 4 is 11.9 Å². The van der Waals surface area contributed by atoms with Gasteiger partial charge in [0.2, 0.25) is 5.91 Å². The van der Waals surface area contributed by atoms with Gasteiger partial charge >= 0.3 is 5.97 Å². The summed E-state index contributed by atoms with van der Waals surface area (Å²) < 4.78 is 4.91. The number of rotatable bonds is 3. The summed E-state index contributed by atoms with van der Waals surface area (Å²) in [5.74, 6) is -0.0998. The molecule has 0 aromatic carbocycles. The van der Waals surface area contributed by atoms with Crippen molar-refractivity contribution in [2.75, 3.05) is 20.7 Å². The fraction of sp³-hybridized carbons (Fsp3) is 0.857. The Bertz CT molecular complexity index is 346. The Morgan fingerprint density at radius 2 is 2.00 bits per heavy atom. The van der Waals surface area contributed by atoms with Crippen molar-refractivity contribution in [3.8, 4) is 0 Å². The second-order valence-corrected chi connectivity index (χ2v) is 5.64. The van der Waals surface area contributed by atoms with Crippen molar-refractivity contribution in [3.05, 3.63) is 0 Å². The summed E-state index contributed by atoms with van der Waals surface area (Å²) in [5.41, 5.74) is 0. The van der Waals surface area contributed by atoms with Gasteiger partial charge in [-0.3, -0.25) is 9.59 Å². The van der Waals surface area contributed by atoms with Gasteiger partial charge in [-0.25, -0.2) is 0 Å². The van der Waals surface area contributed by atoms with Crippen molar-refractivity contribution in [1.29, 1.82) is 0 Å². The number of likely N-dealkylation sites (N-methyl/N-ethyl adjacent to an activating group) is 1. The highest BCUT2D eigenvalue weighted by atomic mass is 16.5. The van der Waals surface area contributed by atoms with Gasteiger partial charge in [-0.2, -0.15) is 0 Å². The van der Waals surface area contributed by atoms with Gasteiger partial charge in [-0.15, -0.1) is 0 Å². The summed E-state index contributed by atoms with van der Waals surface area (Å²) >= 11 is 0. The van der Waals surface area contributed by atoms with Gasteiger partial charge in [0.15, 0.2) is 0 Å². The fourth-order valence-electron chi connectivity index (χ4n) is 3.18. The van der Waals surface area contributed by atoms with Gasteiger partial charge in [0.25, 0.3) is 0 Å². The summed E-state index contributed by atoms with van der Waals surface area (Å²) in [6, 6.07) is -0.0457. The largest absolute Gasteiger partial charge is 0.469 e. The summed E-state index contributed by atoms with van der Waals surface area (Å²) in [4.78, 5) is 25.6. The van der Waals surface area contributed by atoms with Crippen molar-refractivity contribution in [1.82, 2.24) is 10.2 Å². The third kappa shape index (κ3) is 3.26. The lowest BCUT2D eigenvalue weighted by Crippen LogP contribution is -2.48. The maximum Gasteiger partial charge on any atom is 0.310 e. The van der Waals surface area contributed by atoms with Gasteiger partial charge < -0.3 is 15.0 Å². The average molecular weight is 268 g/mol. The molecule has 3 atom stereocenters. The zero-order valence-corrected chi connectivity index (χ0v) is 11.9. The Balaban J connectivity index is 2.02. The summed E-state index contributed by atoms with van der Waals surface area (Å²) in [6.45, 7) is 0.798. The van der Waals surface area contributed by atoms with E-state index in [0.29, 0.717) is 0 Å². The number of nitrogens with one attached hydrogen (secondary N) is 1. The lowest BCUT2D eigenvalue weighted by Gasteiger charge is -2.26. The van der Waals surface area contributed by atoms with Gasteiger partial charge in [-0.05, 0) is 19.3 Å². The van der Waals surface area contributed by atoms with Crippen LogP contribution in [0, 0.1) is 5.92 Å². The molecule has 19 heavy (non-hydrogen) atoms. The van der Waals surface area contributed by atoms with E-state index in [4.69, 9.17) is 4.74 Å². The quantitative estimate of drug-likeness (QED) is 0.611. The van der Waals surface area contributed by atoms with Crippen molar-refractivity contribution in [2.24, 2.45) is 5.92 Å². The monoisotopic (exact) mass is 268 g/mol. The standard InChI is InChI=1S/C14H24N2O3/c1-16-9-8-12(13(16)17)15-11-7-5-3-4-6-10(11)14(18)19-2/h10-12,15H,3-9H2,1-2H3/t10-,11-,12+/m1/s1. The molecular formula is C14H24N2O3. The Kier molecular flexibility index (Phi) is 4.80. The number of hydrogen-bond donors (Lipinski definition) is 1. The van der Waals surface area contributed by atoms with Gasteiger partial charge in [0.1, 0.15) is 0 Å². The molecule has 2 aliphatic rings. The van der Waals surface area contributed by atoms with Crippen LogP contribution < -0.4 is 5.32 Å². The fourth-order valence-corrected chi connectivity index (χ4v) is 3.18. The summed E-state index contributed by atoms with van der Waals surface area (Å²) in [6.07, 6.45) is 5.98. The molecule has 2 rings (SSSR count). The molecule has 5 heteroatoms. The van der Waals surface area contributed by atoms with E-state index in [0.717, 1.165) is 45.1 Å². The maximum atomic E-state index is 12.0. The van der Waals surface area contributed by atoms with Gasteiger partial charge in [0.05, 0.1) is 19.1 Å². The van der Waals surface area contributed by atoms with E-state index in [1.54, 1.807) is 4.90 Å². The third-order valence-electron chi connectivity index (χ3n) is 4.36. The maximum absolute atomic E-state index is 12.0. The van der Waals surface area contributed by atoms with Crippen LogP contribution in [-0.2, 0) is 14.3 Å². The minimum Gasteiger partial charge on any atom is -0.469 e. The van der Waals surface area contributed by atoms with E-state index >= 15 is 0 Å². The molecule has 1 heterocycles. The van der Waals surface area contributed by atoms with Gasteiger partial charge in [-0.1, -0.05) is 19.3 Å². The number of amides is 1. The van der Waals surface area contributed by atoms with E-state index in [1.807, 2.05) is 7.05 Å². The minimum absolute atomic E-state index is 0.0791. The molecule has 1 N–H and O–H groups in total. The van der Waals surface area contributed by atoms with E-state index in [9.17, 15) is 9.59 Å². The zero-order valence-electron chi connectivity index (χ0n) is 11.9. The smallest absolute Gasteiger partial charge is 0.310 e. The third-order valence-corrected chi connectivity index (χ3v) is 4.36. The van der Waals surface area contributed by atoms with Gasteiger partial charge in [0, 0.05) is 19.6 Å². The first kappa shape index (κ1) is 14.3. The minimum atomic E-state index is -0.141. The van der Waals surface area contributed by atoms with Crippen LogP contribution in [0.2, 0.25) is 0 Å². The topological polar surface area (TPSA) is 58.6 Å². The molecule has 5 nitrogen and oxygen atoms in total. The van der Waals surface area contributed by atoms with Crippen LogP contribution in [0.1, 0.15) is 38.5 Å². The average Bonchev–Trinajstić information content (AvgIpc) is 2.63. The van der Waals surface area contributed by atoms with Crippen molar-refractivity contribution in [3.63, 3.8) is 0 Å². The highest BCUT2D eigenvalue weighted by molar-refractivity contribution is 5.83. The number of carbonyl (C=O) groups excluding carboxylic acids is 2. The lowest BCUT2D eigenvalue weighted by atomic mass is 9.94. The molecule has 0 unspecified atom stereocenters. The highest BCUT2D eigenvalue weighted by Gasteiger charge is 2.36. The van der Waals surface area contributed by atoms with Crippen LogP contribution in [0.5, 0.6) is 0 Å². The Morgan fingerprint density at radius 1 is 1.26 bits per heavy atom. The van der Waals surface area contributed by atoms with Crippen LogP contribution in [-0.4, -0.2) is 49.6 Å². The number of nitrogens with zero attached hydrogens (tertiary/aromatic N) is 1. The molecule has 1 aliphatic heterocycles. The SMILES string of the molecule is COC(=O)[C@@H]1CCCCC[C@H]1N[C@H]1CCN(C)C1=O. The summed E-state index contributed by atoms with van der Waals surface area (Å²) in [5, 5.41) is 3.41. The van der Waals surface area contributed by atoms with E-state index in [-0.39, 0.29) is 29.9 Å². The first-order valence-corrected chi connectivity index (χ1v) is 7.22. The molecule has 1 saturated heterocycles. The molecule has 0 bridgehead atoms. The second kappa shape index (κ2) is 6.37. The molecule has 0 aromatic rings. The number of ether oxygens (including phenoxy) is 1. The molecule has 0 aromatic heterocycles. The first-order chi connectivity index (χ1) is 9.13. The Labute approximate surface area is 114 Å². The number of likely N-dealkylation sites (tertiary alicyclic amines) is 1. The predicted octanol–water partition coefficient (Wildman–Crippen LogP) is 0.929. The molecule has 0 radical (unpaired) electrons. The van der Waals surface area contributed by atoms with E-state index in [1.165, 1.54) is 7.11 Å². The normalized spacial score (nSPS) is 32.2. The van der Waals surface area contributed by atoms with Crippen LogP contribution in [0.15, 0.2) is 0 Å². The van der Waals surface area contributed by atoms with Crippen LogP contribution in [0.3, 0.4) is 0 Å². The zero-order chi connectivity index (χ0) is 13.8. The molecule has 108 valence electrons. The van der Waals surface area contributed by atoms with Crippen LogP contribution >= 0.6 is 0 Å².